The second-order valence-corrected chi connectivity index (χ2v) is 8.15. The van der Waals surface area contributed by atoms with E-state index in [0.717, 1.165) is 70.1 Å². The van der Waals surface area contributed by atoms with Gasteiger partial charge in [-0.1, -0.05) is 12.8 Å². The van der Waals surface area contributed by atoms with Gasteiger partial charge in [0.05, 0.1) is 24.5 Å². The van der Waals surface area contributed by atoms with Crippen LogP contribution >= 0.6 is 0 Å². The van der Waals surface area contributed by atoms with Crippen LogP contribution in [0, 0.1) is 0 Å². The van der Waals surface area contributed by atoms with E-state index in [2.05, 4.69) is 10.6 Å². The van der Waals surface area contributed by atoms with Gasteiger partial charge in [0.2, 0.25) is 0 Å². The largest absolute Gasteiger partial charge is 0.469 e. The van der Waals surface area contributed by atoms with Crippen molar-refractivity contribution in [3.8, 4) is 0 Å². The van der Waals surface area contributed by atoms with E-state index in [1.807, 2.05) is 12.1 Å². The fourth-order valence-electron chi connectivity index (χ4n) is 4.61. The second-order valence-electron chi connectivity index (χ2n) is 8.15. The van der Waals surface area contributed by atoms with Gasteiger partial charge in [-0.05, 0) is 50.7 Å². The highest BCUT2D eigenvalue weighted by molar-refractivity contribution is 5.80. The Morgan fingerprint density at radius 1 is 1.19 bits per heavy atom. The Kier molecular flexibility index (Phi) is 6.35. The summed E-state index contributed by atoms with van der Waals surface area (Å²) < 4.78 is 17.3. The summed E-state index contributed by atoms with van der Waals surface area (Å²) in [7, 11) is 0. The van der Waals surface area contributed by atoms with Crippen molar-refractivity contribution in [2.24, 2.45) is 4.99 Å². The van der Waals surface area contributed by atoms with E-state index in [9.17, 15) is 0 Å². The lowest BCUT2D eigenvalue weighted by Crippen LogP contribution is -2.51. The first-order valence-electron chi connectivity index (χ1n) is 10.6. The third-order valence-corrected chi connectivity index (χ3v) is 6.07. The molecule has 2 N–H and O–H groups in total. The van der Waals surface area contributed by atoms with Crippen molar-refractivity contribution in [1.29, 1.82) is 0 Å². The van der Waals surface area contributed by atoms with E-state index < -0.39 is 0 Å². The first-order chi connectivity index (χ1) is 13.3. The molecule has 27 heavy (non-hydrogen) atoms. The number of hydrogen-bond donors (Lipinski definition) is 2. The van der Waals surface area contributed by atoms with Gasteiger partial charge in [0, 0.05) is 32.2 Å². The smallest absolute Gasteiger partial charge is 0.191 e. The molecule has 6 heteroatoms. The summed E-state index contributed by atoms with van der Waals surface area (Å²) in [4.78, 5) is 4.83. The van der Waals surface area contributed by atoms with E-state index in [1.165, 1.54) is 25.7 Å². The van der Waals surface area contributed by atoms with Crippen molar-refractivity contribution >= 4 is 5.96 Å². The Balaban J connectivity index is 1.33. The van der Waals surface area contributed by atoms with Gasteiger partial charge in [-0.15, -0.1) is 0 Å². The highest BCUT2D eigenvalue weighted by atomic mass is 16.5. The summed E-state index contributed by atoms with van der Waals surface area (Å²) in [5, 5.41) is 7.17. The van der Waals surface area contributed by atoms with Gasteiger partial charge in [0.25, 0.3) is 0 Å². The van der Waals surface area contributed by atoms with E-state index in [1.54, 1.807) is 6.26 Å². The molecule has 1 saturated carbocycles. The van der Waals surface area contributed by atoms with Crippen molar-refractivity contribution in [1.82, 2.24) is 10.6 Å². The second kappa shape index (κ2) is 9.11. The predicted molar refractivity (Wildman–Crippen MR) is 105 cm³/mol. The Morgan fingerprint density at radius 3 is 2.89 bits per heavy atom. The summed E-state index contributed by atoms with van der Waals surface area (Å²) in [6.45, 7) is 3.25. The maximum atomic E-state index is 6.18. The van der Waals surface area contributed by atoms with Gasteiger partial charge < -0.3 is 24.5 Å². The first-order valence-corrected chi connectivity index (χ1v) is 10.6. The highest BCUT2D eigenvalue weighted by Crippen LogP contribution is 2.39. The SMILES string of the molecule is c1coc(CCNC(=NCC2CCCO2)NC2CCOC3(CCCC3)C2)c1. The van der Waals surface area contributed by atoms with E-state index in [-0.39, 0.29) is 11.7 Å². The minimum atomic E-state index is 0.115. The van der Waals surface area contributed by atoms with Gasteiger partial charge in [-0.3, -0.25) is 4.99 Å². The van der Waals surface area contributed by atoms with E-state index in [0.29, 0.717) is 6.04 Å². The summed E-state index contributed by atoms with van der Waals surface area (Å²) in [5.74, 6) is 1.90. The van der Waals surface area contributed by atoms with E-state index >= 15 is 0 Å². The first kappa shape index (κ1) is 18.8. The number of hydrogen-bond acceptors (Lipinski definition) is 4. The molecule has 3 aliphatic rings. The average molecular weight is 376 g/mol. The number of guanidine groups is 1. The molecule has 150 valence electrons. The zero-order chi connectivity index (χ0) is 18.4. The fourth-order valence-corrected chi connectivity index (χ4v) is 4.61. The van der Waals surface area contributed by atoms with Crippen molar-refractivity contribution in [2.45, 2.75) is 75.5 Å². The molecule has 1 spiro atoms. The van der Waals surface area contributed by atoms with Crippen LogP contribution in [-0.2, 0) is 15.9 Å². The Morgan fingerprint density at radius 2 is 2.11 bits per heavy atom. The van der Waals surface area contributed by atoms with Crippen molar-refractivity contribution in [3.05, 3.63) is 24.2 Å². The highest BCUT2D eigenvalue weighted by Gasteiger charge is 2.40. The number of furan rings is 1. The summed E-state index contributed by atoms with van der Waals surface area (Å²) >= 11 is 0. The molecule has 1 aliphatic carbocycles. The van der Waals surface area contributed by atoms with Crippen molar-refractivity contribution < 1.29 is 13.9 Å². The summed E-state index contributed by atoms with van der Waals surface area (Å²) in [6, 6.07) is 4.38. The summed E-state index contributed by atoms with van der Waals surface area (Å²) in [5.41, 5.74) is 0.115. The molecule has 0 radical (unpaired) electrons. The molecule has 3 fully saturated rings. The standard InChI is InChI=1S/C21H33N3O3/c1-2-10-21(9-1)15-17(8-14-27-21)24-20(23-16-19-6-4-13-26-19)22-11-7-18-5-3-12-25-18/h3,5,12,17,19H,1-2,4,6-11,13-16H2,(H2,22,23,24). The monoisotopic (exact) mass is 375 g/mol. The molecule has 4 rings (SSSR count). The van der Waals surface area contributed by atoms with Crippen molar-refractivity contribution in [2.75, 3.05) is 26.3 Å². The molecule has 0 bridgehead atoms. The van der Waals surface area contributed by atoms with Gasteiger partial charge in [0.1, 0.15) is 5.76 Å². The van der Waals surface area contributed by atoms with Gasteiger partial charge in [0.15, 0.2) is 5.96 Å². The van der Waals surface area contributed by atoms with Gasteiger partial charge >= 0.3 is 0 Å². The number of nitrogens with one attached hydrogen (secondary N) is 2. The molecule has 1 aromatic rings. The average Bonchev–Trinajstić information content (AvgIpc) is 3.43. The lowest BCUT2D eigenvalue weighted by atomic mass is 9.89. The molecule has 2 saturated heterocycles. The molecule has 2 atom stereocenters. The van der Waals surface area contributed by atoms with Crippen LogP contribution in [0.3, 0.4) is 0 Å². The molecular formula is C21H33N3O3. The third-order valence-electron chi connectivity index (χ3n) is 6.07. The lowest BCUT2D eigenvalue weighted by Gasteiger charge is -2.39. The Hall–Kier alpha value is -1.53. The zero-order valence-electron chi connectivity index (χ0n) is 16.3. The normalized spacial score (nSPS) is 27.9. The maximum Gasteiger partial charge on any atom is 0.191 e. The van der Waals surface area contributed by atoms with Crippen molar-refractivity contribution in [3.63, 3.8) is 0 Å². The van der Waals surface area contributed by atoms with Crippen LogP contribution in [0.15, 0.2) is 27.8 Å². The molecule has 6 nitrogen and oxygen atoms in total. The van der Waals surface area contributed by atoms with Crippen LogP contribution < -0.4 is 10.6 Å². The number of aliphatic imine (C=N–C) groups is 1. The third kappa shape index (κ3) is 5.26. The van der Waals surface area contributed by atoms with Crippen LogP contribution in [0.2, 0.25) is 0 Å². The van der Waals surface area contributed by atoms with Crippen LogP contribution in [0.25, 0.3) is 0 Å². The molecular weight excluding hydrogens is 342 g/mol. The van der Waals surface area contributed by atoms with Gasteiger partial charge in [-0.25, -0.2) is 0 Å². The van der Waals surface area contributed by atoms with Crippen LogP contribution in [0.1, 0.15) is 57.1 Å². The number of nitrogens with zero attached hydrogens (tertiary/aromatic N) is 1. The Bertz CT molecular complexity index is 590. The molecule has 2 unspecified atom stereocenters. The lowest BCUT2D eigenvalue weighted by molar-refractivity contribution is -0.0815. The minimum Gasteiger partial charge on any atom is -0.469 e. The molecule has 3 heterocycles. The van der Waals surface area contributed by atoms with Crippen LogP contribution in [0.4, 0.5) is 0 Å². The van der Waals surface area contributed by atoms with Crippen LogP contribution in [0.5, 0.6) is 0 Å². The molecule has 0 aromatic carbocycles. The summed E-state index contributed by atoms with van der Waals surface area (Å²) in [6.07, 6.45) is 12.3. The Labute approximate surface area is 162 Å². The maximum absolute atomic E-state index is 6.18. The predicted octanol–water partition coefficient (Wildman–Crippen LogP) is 3.03. The quantitative estimate of drug-likeness (QED) is 0.591. The van der Waals surface area contributed by atoms with Crippen LogP contribution in [-0.4, -0.2) is 50.0 Å². The molecule has 0 amide bonds. The molecule has 1 aromatic heterocycles. The van der Waals surface area contributed by atoms with E-state index in [4.69, 9.17) is 18.9 Å². The molecule has 2 aliphatic heterocycles. The number of ether oxygens (including phenoxy) is 2. The number of rotatable bonds is 6. The topological polar surface area (TPSA) is 68.0 Å². The zero-order valence-corrected chi connectivity index (χ0v) is 16.3. The van der Waals surface area contributed by atoms with Gasteiger partial charge in [-0.2, -0.15) is 0 Å². The minimum absolute atomic E-state index is 0.115. The fraction of sp³-hybridized carbons (Fsp3) is 0.762.